The molecule has 0 spiro atoms. The monoisotopic (exact) mass is 313 g/mol. The van der Waals surface area contributed by atoms with Gasteiger partial charge in [0.05, 0.1) is 0 Å². The molecule has 1 saturated heterocycles. The maximum absolute atomic E-state index is 14.0. The van der Waals surface area contributed by atoms with Crippen LogP contribution in [0, 0.1) is 17.2 Å². The molecule has 0 bridgehead atoms. The second-order valence-corrected chi connectivity index (χ2v) is 6.99. The van der Waals surface area contributed by atoms with E-state index in [0.29, 0.717) is 17.4 Å². The lowest BCUT2D eigenvalue weighted by molar-refractivity contribution is 0.0143. The van der Waals surface area contributed by atoms with Gasteiger partial charge in [0.1, 0.15) is 5.82 Å². The van der Waals surface area contributed by atoms with E-state index in [9.17, 15) is 4.39 Å². The molecule has 2 rings (SSSR count). The smallest absolute Gasteiger partial charge is 0.126 e. The molecule has 2 nitrogen and oxygen atoms in total. The summed E-state index contributed by atoms with van der Waals surface area (Å²) in [5.74, 6) is 0.457. The molecule has 1 fully saturated rings. The number of halogens is 2. The predicted octanol–water partition coefficient (Wildman–Crippen LogP) is 4.06. The van der Waals surface area contributed by atoms with Gasteiger partial charge in [0, 0.05) is 24.8 Å². The molecule has 1 heterocycles. The maximum Gasteiger partial charge on any atom is 0.126 e. The highest BCUT2D eigenvalue weighted by atomic mass is 35.5. The van der Waals surface area contributed by atoms with Crippen LogP contribution in [-0.4, -0.2) is 26.3 Å². The van der Waals surface area contributed by atoms with Crippen molar-refractivity contribution in [2.24, 2.45) is 11.3 Å². The summed E-state index contributed by atoms with van der Waals surface area (Å²) in [5.41, 5.74) is 0.786. The van der Waals surface area contributed by atoms with Gasteiger partial charge >= 0.3 is 0 Å². The second-order valence-electron chi connectivity index (χ2n) is 6.55. The Hall–Kier alpha value is -0.640. The maximum atomic E-state index is 14.0. The van der Waals surface area contributed by atoms with E-state index in [0.717, 1.165) is 44.7 Å². The molecule has 1 aromatic rings. The van der Waals surface area contributed by atoms with Crippen LogP contribution in [0.15, 0.2) is 18.2 Å². The second kappa shape index (κ2) is 7.57. The number of rotatable bonds is 6. The highest BCUT2D eigenvalue weighted by molar-refractivity contribution is 6.30. The van der Waals surface area contributed by atoms with Crippen LogP contribution in [0.2, 0.25) is 5.02 Å². The van der Waals surface area contributed by atoms with Crippen LogP contribution in [0.4, 0.5) is 4.39 Å². The third kappa shape index (κ3) is 4.94. The summed E-state index contributed by atoms with van der Waals surface area (Å²) in [7, 11) is 0. The average Bonchev–Trinajstić information content (AvgIpc) is 2.43. The van der Waals surface area contributed by atoms with Gasteiger partial charge in [-0.15, -0.1) is 0 Å². The van der Waals surface area contributed by atoms with Crippen molar-refractivity contribution in [1.82, 2.24) is 5.32 Å². The van der Waals surface area contributed by atoms with E-state index in [2.05, 4.69) is 19.2 Å². The van der Waals surface area contributed by atoms with Crippen LogP contribution in [0.1, 0.15) is 32.3 Å². The lowest BCUT2D eigenvalue weighted by Crippen LogP contribution is -2.42. The average molecular weight is 314 g/mol. The Morgan fingerprint density at radius 2 is 2.05 bits per heavy atom. The van der Waals surface area contributed by atoms with Gasteiger partial charge in [-0.1, -0.05) is 25.4 Å². The van der Waals surface area contributed by atoms with Crippen LogP contribution in [-0.2, 0) is 11.2 Å². The Morgan fingerprint density at radius 1 is 1.33 bits per heavy atom. The molecular weight excluding hydrogens is 289 g/mol. The van der Waals surface area contributed by atoms with Crippen molar-refractivity contribution >= 4 is 11.6 Å². The van der Waals surface area contributed by atoms with E-state index in [4.69, 9.17) is 16.3 Å². The molecule has 0 radical (unpaired) electrons. The van der Waals surface area contributed by atoms with Crippen LogP contribution in [0.3, 0.4) is 0 Å². The summed E-state index contributed by atoms with van der Waals surface area (Å²) in [6.07, 6.45) is 2.64. The Labute approximate surface area is 132 Å². The van der Waals surface area contributed by atoms with Gasteiger partial charge in [-0.2, -0.15) is 0 Å². The molecule has 4 heteroatoms. The number of ether oxygens (including phenoxy) is 1. The zero-order valence-corrected chi connectivity index (χ0v) is 13.7. The molecule has 21 heavy (non-hydrogen) atoms. The summed E-state index contributed by atoms with van der Waals surface area (Å²) in [5, 5.41) is 4.14. The minimum absolute atomic E-state index is 0.0681. The van der Waals surface area contributed by atoms with Gasteiger partial charge in [0.25, 0.3) is 0 Å². The first-order valence-electron chi connectivity index (χ1n) is 7.73. The van der Waals surface area contributed by atoms with E-state index >= 15 is 0 Å². The van der Waals surface area contributed by atoms with Crippen molar-refractivity contribution in [1.29, 1.82) is 0 Å². The summed E-state index contributed by atoms with van der Waals surface area (Å²) >= 11 is 6.02. The van der Waals surface area contributed by atoms with Gasteiger partial charge in [0.15, 0.2) is 0 Å². The molecule has 1 aromatic carbocycles. The summed E-state index contributed by atoms with van der Waals surface area (Å²) in [6.45, 7) is 7.79. The fourth-order valence-corrected chi connectivity index (χ4v) is 3.12. The lowest BCUT2D eigenvalue weighted by atomic mass is 9.75. The third-order valence-corrected chi connectivity index (χ3v) is 4.41. The Bertz CT molecular complexity index is 458. The zero-order chi connectivity index (χ0) is 15.3. The minimum atomic E-state index is -0.158. The quantitative estimate of drug-likeness (QED) is 0.855. The standard InChI is InChI=1S/C17H25ClFNO/c1-13(2)11-20-12-17(5-7-21-8-6-17)10-14-9-15(18)3-4-16(14)19/h3-4,9,13,20H,5-8,10-12H2,1-2H3. The number of benzene rings is 1. The van der Waals surface area contributed by atoms with Crippen LogP contribution < -0.4 is 5.32 Å². The first kappa shape index (κ1) is 16.7. The fourth-order valence-electron chi connectivity index (χ4n) is 2.93. The molecule has 118 valence electrons. The highest BCUT2D eigenvalue weighted by Gasteiger charge is 2.33. The molecule has 0 aliphatic carbocycles. The molecule has 0 amide bonds. The minimum Gasteiger partial charge on any atom is -0.381 e. The van der Waals surface area contributed by atoms with Gasteiger partial charge in [-0.05, 0) is 60.9 Å². The van der Waals surface area contributed by atoms with Crippen LogP contribution in [0.25, 0.3) is 0 Å². The Kier molecular flexibility index (Phi) is 6.03. The molecule has 1 aliphatic heterocycles. The van der Waals surface area contributed by atoms with Crippen molar-refractivity contribution in [3.8, 4) is 0 Å². The van der Waals surface area contributed by atoms with E-state index in [1.54, 1.807) is 12.1 Å². The largest absolute Gasteiger partial charge is 0.381 e. The normalized spacial score (nSPS) is 18.1. The van der Waals surface area contributed by atoms with Crippen molar-refractivity contribution in [3.63, 3.8) is 0 Å². The molecule has 0 atom stereocenters. The van der Waals surface area contributed by atoms with E-state index < -0.39 is 0 Å². The van der Waals surface area contributed by atoms with Gasteiger partial charge in [-0.25, -0.2) is 4.39 Å². The van der Waals surface area contributed by atoms with Crippen molar-refractivity contribution in [3.05, 3.63) is 34.6 Å². The summed E-state index contributed by atoms with van der Waals surface area (Å²) in [6, 6.07) is 4.83. The first-order chi connectivity index (χ1) is 10.0. The van der Waals surface area contributed by atoms with Crippen LogP contribution in [0.5, 0.6) is 0 Å². The molecule has 0 unspecified atom stereocenters. The molecule has 1 N–H and O–H groups in total. The Balaban J connectivity index is 2.09. The Morgan fingerprint density at radius 3 is 2.71 bits per heavy atom. The van der Waals surface area contributed by atoms with Gasteiger partial charge < -0.3 is 10.1 Å². The van der Waals surface area contributed by atoms with E-state index in [-0.39, 0.29) is 11.2 Å². The summed E-state index contributed by atoms with van der Waals surface area (Å²) in [4.78, 5) is 0. The molecular formula is C17H25ClFNO. The van der Waals surface area contributed by atoms with Crippen molar-refractivity contribution in [2.75, 3.05) is 26.3 Å². The topological polar surface area (TPSA) is 21.3 Å². The predicted molar refractivity (Wildman–Crippen MR) is 85.3 cm³/mol. The summed E-state index contributed by atoms with van der Waals surface area (Å²) < 4.78 is 19.5. The van der Waals surface area contributed by atoms with Crippen molar-refractivity contribution < 1.29 is 9.13 Å². The number of nitrogens with one attached hydrogen (secondary N) is 1. The van der Waals surface area contributed by atoms with E-state index in [1.807, 2.05) is 0 Å². The fraction of sp³-hybridized carbons (Fsp3) is 0.647. The first-order valence-corrected chi connectivity index (χ1v) is 8.11. The highest BCUT2D eigenvalue weighted by Crippen LogP contribution is 2.35. The molecule has 0 saturated carbocycles. The van der Waals surface area contributed by atoms with Gasteiger partial charge in [0.2, 0.25) is 0 Å². The zero-order valence-electron chi connectivity index (χ0n) is 12.9. The molecule has 0 aromatic heterocycles. The lowest BCUT2D eigenvalue weighted by Gasteiger charge is -2.38. The molecule has 1 aliphatic rings. The number of hydrogen-bond donors (Lipinski definition) is 1. The van der Waals surface area contributed by atoms with Crippen LogP contribution >= 0.6 is 11.6 Å². The van der Waals surface area contributed by atoms with E-state index in [1.165, 1.54) is 6.07 Å². The van der Waals surface area contributed by atoms with Crippen molar-refractivity contribution in [2.45, 2.75) is 33.1 Å². The van der Waals surface area contributed by atoms with Gasteiger partial charge in [-0.3, -0.25) is 0 Å². The third-order valence-electron chi connectivity index (χ3n) is 4.18. The SMILES string of the molecule is CC(C)CNCC1(Cc2cc(Cl)ccc2F)CCOCC1. The number of hydrogen-bond acceptors (Lipinski definition) is 2.